The van der Waals surface area contributed by atoms with Gasteiger partial charge in [-0.15, -0.1) is 11.3 Å². The number of rotatable bonds is 4. The van der Waals surface area contributed by atoms with Crippen LogP contribution in [0.3, 0.4) is 0 Å². The largest absolute Gasteiger partial charge is 0.338 e. The fraction of sp³-hybridized carbons (Fsp3) is 0.500. The van der Waals surface area contributed by atoms with Gasteiger partial charge in [-0.25, -0.2) is 0 Å². The molecule has 0 aliphatic carbocycles. The molecule has 2 N–H and O–H groups in total. The normalized spacial score (nSPS) is 17.4. The number of amides is 2. The first-order valence-electron chi connectivity index (χ1n) is 9.25. The van der Waals surface area contributed by atoms with Crippen LogP contribution in [0.4, 0.5) is 0 Å². The topological polar surface area (TPSA) is 66.6 Å². The van der Waals surface area contributed by atoms with Crippen molar-refractivity contribution >= 4 is 33.2 Å². The van der Waals surface area contributed by atoms with Crippen molar-refractivity contribution in [2.24, 2.45) is 11.7 Å². The number of piperazine rings is 1. The van der Waals surface area contributed by atoms with Gasteiger partial charge in [0.2, 0.25) is 5.91 Å². The number of nitrogens with zero attached hydrogens (tertiary/aromatic N) is 2. The highest BCUT2D eigenvalue weighted by molar-refractivity contribution is 7.21. The molecular weight excluding hydrogens is 346 g/mol. The third-order valence-corrected chi connectivity index (χ3v) is 6.72. The molecule has 3 rings (SSSR count). The second kappa shape index (κ2) is 7.76. The van der Waals surface area contributed by atoms with E-state index in [9.17, 15) is 9.59 Å². The summed E-state index contributed by atoms with van der Waals surface area (Å²) in [6, 6.07) is 7.66. The molecule has 6 heteroatoms. The zero-order chi connectivity index (χ0) is 18.8. The fourth-order valence-corrected chi connectivity index (χ4v) is 4.54. The van der Waals surface area contributed by atoms with Gasteiger partial charge in [-0.3, -0.25) is 9.59 Å². The molecule has 2 unspecified atom stereocenters. The molecule has 1 saturated heterocycles. The maximum atomic E-state index is 13.0. The van der Waals surface area contributed by atoms with Crippen molar-refractivity contribution in [3.8, 4) is 0 Å². The second-order valence-corrected chi connectivity index (χ2v) is 8.13. The van der Waals surface area contributed by atoms with E-state index in [1.54, 1.807) is 16.2 Å². The van der Waals surface area contributed by atoms with Gasteiger partial charge in [0, 0.05) is 30.9 Å². The number of benzene rings is 1. The lowest BCUT2D eigenvalue weighted by atomic mass is 9.98. The molecule has 1 aliphatic heterocycles. The Morgan fingerprint density at radius 1 is 1.15 bits per heavy atom. The van der Waals surface area contributed by atoms with Gasteiger partial charge in [-0.05, 0) is 29.9 Å². The molecule has 1 aliphatic rings. The van der Waals surface area contributed by atoms with E-state index in [4.69, 9.17) is 5.73 Å². The first-order chi connectivity index (χ1) is 12.4. The summed E-state index contributed by atoms with van der Waals surface area (Å²) in [5.41, 5.74) is 7.13. The molecule has 5 nitrogen and oxygen atoms in total. The summed E-state index contributed by atoms with van der Waals surface area (Å²) in [7, 11) is 0. The van der Waals surface area contributed by atoms with Crippen molar-refractivity contribution in [2.75, 3.05) is 26.2 Å². The van der Waals surface area contributed by atoms with Gasteiger partial charge in [0.05, 0.1) is 10.9 Å². The van der Waals surface area contributed by atoms with Gasteiger partial charge in [0.1, 0.15) is 0 Å². The average Bonchev–Trinajstić information content (AvgIpc) is 3.02. The first kappa shape index (κ1) is 18.9. The Morgan fingerprint density at radius 3 is 2.38 bits per heavy atom. The van der Waals surface area contributed by atoms with Crippen LogP contribution >= 0.6 is 11.3 Å². The van der Waals surface area contributed by atoms with Gasteiger partial charge in [0.15, 0.2) is 0 Å². The fourth-order valence-electron chi connectivity index (χ4n) is 3.36. The number of hydrogen-bond donors (Lipinski definition) is 1. The lowest BCUT2D eigenvalue weighted by Gasteiger charge is -2.36. The maximum absolute atomic E-state index is 13.0. The van der Waals surface area contributed by atoms with Crippen LogP contribution in [0, 0.1) is 12.8 Å². The number of aryl methyl sites for hydroxylation is 1. The summed E-state index contributed by atoms with van der Waals surface area (Å²) in [6.45, 7) is 8.29. The zero-order valence-corrected chi connectivity index (χ0v) is 16.5. The summed E-state index contributed by atoms with van der Waals surface area (Å²) < 4.78 is 1.14. The molecule has 0 bridgehead atoms. The Hall–Kier alpha value is -1.92. The van der Waals surface area contributed by atoms with Crippen LogP contribution in [0.25, 0.3) is 10.1 Å². The van der Waals surface area contributed by atoms with Crippen molar-refractivity contribution in [3.63, 3.8) is 0 Å². The van der Waals surface area contributed by atoms with E-state index < -0.39 is 6.04 Å². The minimum absolute atomic E-state index is 0.00416. The predicted molar refractivity (Wildman–Crippen MR) is 106 cm³/mol. The molecule has 2 heterocycles. The molecule has 0 spiro atoms. The zero-order valence-electron chi connectivity index (χ0n) is 15.7. The third-order valence-electron chi connectivity index (χ3n) is 5.46. The van der Waals surface area contributed by atoms with Crippen LogP contribution in [0.1, 0.15) is 35.5 Å². The monoisotopic (exact) mass is 373 g/mol. The van der Waals surface area contributed by atoms with E-state index in [1.807, 2.05) is 37.8 Å². The van der Waals surface area contributed by atoms with Crippen molar-refractivity contribution < 1.29 is 9.59 Å². The smallest absolute Gasteiger partial charge is 0.264 e. The summed E-state index contributed by atoms with van der Waals surface area (Å²) in [5.74, 6) is 0.245. The van der Waals surface area contributed by atoms with Crippen LogP contribution in [-0.4, -0.2) is 53.8 Å². The highest BCUT2D eigenvalue weighted by atomic mass is 32.1. The van der Waals surface area contributed by atoms with Crippen molar-refractivity contribution in [3.05, 3.63) is 34.7 Å². The van der Waals surface area contributed by atoms with Gasteiger partial charge in [-0.1, -0.05) is 38.5 Å². The lowest BCUT2D eigenvalue weighted by molar-refractivity contribution is -0.135. The van der Waals surface area contributed by atoms with E-state index in [0.29, 0.717) is 26.2 Å². The van der Waals surface area contributed by atoms with E-state index in [-0.39, 0.29) is 17.7 Å². The highest BCUT2D eigenvalue weighted by Crippen LogP contribution is 2.31. The Kier molecular flexibility index (Phi) is 5.63. The van der Waals surface area contributed by atoms with Crippen molar-refractivity contribution in [1.29, 1.82) is 0 Å². The molecule has 26 heavy (non-hydrogen) atoms. The second-order valence-electron chi connectivity index (χ2n) is 7.08. The van der Waals surface area contributed by atoms with Crippen molar-refractivity contribution in [2.45, 2.75) is 33.2 Å². The lowest BCUT2D eigenvalue weighted by Crippen LogP contribution is -2.55. The summed E-state index contributed by atoms with van der Waals surface area (Å²) >= 11 is 1.55. The first-order valence-corrected chi connectivity index (χ1v) is 10.1. The van der Waals surface area contributed by atoms with E-state index in [0.717, 1.165) is 26.9 Å². The standard InChI is InChI=1S/C20H27N3O2S/c1-4-13(2)17(21)19(24)22-9-11-23(12-10-22)20(25)18-14(3)15-7-5-6-8-16(15)26-18/h5-8,13,17H,4,9-12,21H2,1-3H3. The molecule has 1 aromatic heterocycles. The van der Waals surface area contributed by atoms with Crippen LogP contribution < -0.4 is 5.73 Å². The highest BCUT2D eigenvalue weighted by Gasteiger charge is 2.30. The number of hydrogen-bond acceptors (Lipinski definition) is 4. The van der Waals surface area contributed by atoms with Gasteiger partial charge < -0.3 is 15.5 Å². The average molecular weight is 374 g/mol. The van der Waals surface area contributed by atoms with Crippen LogP contribution in [0.5, 0.6) is 0 Å². The van der Waals surface area contributed by atoms with Gasteiger partial charge in [0.25, 0.3) is 5.91 Å². The minimum Gasteiger partial charge on any atom is -0.338 e. The summed E-state index contributed by atoms with van der Waals surface area (Å²) in [5, 5.41) is 1.15. The molecule has 1 aromatic carbocycles. The SMILES string of the molecule is CCC(C)C(N)C(=O)N1CCN(C(=O)c2sc3ccccc3c2C)CC1. The van der Waals surface area contributed by atoms with E-state index in [1.165, 1.54) is 0 Å². The Bertz CT molecular complexity index is 808. The molecule has 2 aromatic rings. The number of carbonyl (C=O) groups is 2. The Balaban J connectivity index is 1.67. The number of nitrogens with two attached hydrogens (primary N) is 1. The van der Waals surface area contributed by atoms with Crippen LogP contribution in [-0.2, 0) is 4.79 Å². The minimum atomic E-state index is -0.452. The van der Waals surface area contributed by atoms with Crippen LogP contribution in [0.2, 0.25) is 0 Å². The Labute approximate surface area is 158 Å². The van der Waals surface area contributed by atoms with Gasteiger partial charge >= 0.3 is 0 Å². The molecular formula is C20H27N3O2S. The van der Waals surface area contributed by atoms with E-state index >= 15 is 0 Å². The molecule has 0 radical (unpaired) electrons. The van der Waals surface area contributed by atoms with Gasteiger partial charge in [-0.2, -0.15) is 0 Å². The van der Waals surface area contributed by atoms with Crippen LogP contribution in [0.15, 0.2) is 24.3 Å². The summed E-state index contributed by atoms with van der Waals surface area (Å²) in [6.07, 6.45) is 0.885. The third kappa shape index (κ3) is 3.48. The predicted octanol–water partition coefficient (Wildman–Crippen LogP) is 2.87. The Morgan fingerprint density at radius 2 is 1.77 bits per heavy atom. The quantitative estimate of drug-likeness (QED) is 0.896. The molecule has 0 saturated carbocycles. The molecule has 140 valence electrons. The molecule has 1 fully saturated rings. The van der Waals surface area contributed by atoms with E-state index in [2.05, 4.69) is 12.1 Å². The number of fused-ring (bicyclic) bond motifs is 1. The van der Waals surface area contributed by atoms with Crippen molar-refractivity contribution in [1.82, 2.24) is 9.80 Å². The molecule has 2 atom stereocenters. The maximum Gasteiger partial charge on any atom is 0.264 e. The number of thiophene rings is 1. The number of carbonyl (C=O) groups excluding carboxylic acids is 2. The molecule has 2 amide bonds. The summed E-state index contributed by atoms with van der Waals surface area (Å²) in [4.78, 5) is 29.9.